The monoisotopic (exact) mass is 303 g/mol. The van der Waals surface area contributed by atoms with Gasteiger partial charge >= 0.3 is 0 Å². The van der Waals surface area contributed by atoms with Gasteiger partial charge in [0.1, 0.15) is 5.75 Å². The molecule has 8 heteroatoms. The highest BCUT2D eigenvalue weighted by Gasteiger charge is 2.10. The molecule has 0 bridgehead atoms. The Morgan fingerprint density at radius 2 is 2.19 bits per heavy atom. The number of hydrogen-bond donors (Lipinski definition) is 0. The van der Waals surface area contributed by atoms with Crippen LogP contribution in [0.5, 0.6) is 11.5 Å². The topological polar surface area (TPSA) is 74.8 Å². The van der Waals surface area contributed by atoms with Crippen molar-refractivity contribution in [3.63, 3.8) is 0 Å². The molecule has 0 atom stereocenters. The van der Waals surface area contributed by atoms with Crippen LogP contribution in [0.15, 0.2) is 47.7 Å². The van der Waals surface area contributed by atoms with Crippen LogP contribution < -0.4 is 10.3 Å². The lowest BCUT2D eigenvalue weighted by atomic mass is 10.3. The second kappa shape index (κ2) is 5.37. The Hall–Kier alpha value is -2.67. The van der Waals surface area contributed by atoms with Gasteiger partial charge in [0.2, 0.25) is 0 Å². The third-order valence-electron chi connectivity index (χ3n) is 2.78. The summed E-state index contributed by atoms with van der Waals surface area (Å²) in [6, 6.07) is 7.15. The minimum absolute atomic E-state index is 0.0151. The molecular formula is C13H10ClN5O2. The predicted molar refractivity (Wildman–Crippen MR) is 75.9 cm³/mol. The Bertz CT molecular complexity index is 829. The number of aromatic nitrogens is 5. The summed E-state index contributed by atoms with van der Waals surface area (Å²) in [6.07, 6.45) is 4.69. The van der Waals surface area contributed by atoms with Crippen molar-refractivity contribution in [1.82, 2.24) is 24.8 Å². The standard InChI is InChI=1S/C13H10ClN5O2/c1-18-13(20)12(14)11(8-16-18)21-10-4-2-3-9(7-10)19-6-5-15-17-19/h2-8H,1H3. The van der Waals surface area contributed by atoms with E-state index in [0.29, 0.717) is 5.75 Å². The van der Waals surface area contributed by atoms with Gasteiger partial charge in [-0.15, -0.1) is 5.10 Å². The smallest absolute Gasteiger partial charge is 0.289 e. The quantitative estimate of drug-likeness (QED) is 0.737. The highest BCUT2D eigenvalue weighted by Crippen LogP contribution is 2.26. The van der Waals surface area contributed by atoms with E-state index in [1.54, 1.807) is 35.3 Å². The third kappa shape index (κ3) is 2.63. The summed E-state index contributed by atoms with van der Waals surface area (Å²) in [5, 5.41) is 11.5. The zero-order chi connectivity index (χ0) is 14.8. The third-order valence-corrected chi connectivity index (χ3v) is 3.13. The van der Waals surface area contributed by atoms with Gasteiger partial charge in [0.25, 0.3) is 5.56 Å². The molecule has 0 amide bonds. The van der Waals surface area contributed by atoms with Gasteiger partial charge in [-0.3, -0.25) is 4.79 Å². The van der Waals surface area contributed by atoms with Gasteiger partial charge in [-0.05, 0) is 12.1 Å². The molecule has 0 N–H and O–H groups in total. The molecular weight excluding hydrogens is 294 g/mol. The van der Waals surface area contributed by atoms with Gasteiger partial charge < -0.3 is 4.74 Å². The van der Waals surface area contributed by atoms with Crippen LogP contribution in [0.25, 0.3) is 5.69 Å². The number of benzene rings is 1. The molecule has 2 heterocycles. The summed E-state index contributed by atoms with van der Waals surface area (Å²) in [4.78, 5) is 11.7. The van der Waals surface area contributed by atoms with E-state index >= 15 is 0 Å². The van der Waals surface area contributed by atoms with Crippen molar-refractivity contribution in [2.75, 3.05) is 0 Å². The van der Waals surface area contributed by atoms with E-state index in [9.17, 15) is 4.79 Å². The Morgan fingerprint density at radius 3 is 2.95 bits per heavy atom. The second-order valence-electron chi connectivity index (χ2n) is 4.20. The summed E-state index contributed by atoms with van der Waals surface area (Å²) < 4.78 is 8.35. The highest BCUT2D eigenvalue weighted by molar-refractivity contribution is 6.31. The van der Waals surface area contributed by atoms with Crippen molar-refractivity contribution in [1.29, 1.82) is 0 Å². The molecule has 0 aliphatic heterocycles. The highest BCUT2D eigenvalue weighted by atomic mass is 35.5. The van der Waals surface area contributed by atoms with E-state index in [4.69, 9.17) is 16.3 Å². The molecule has 3 aromatic rings. The average Bonchev–Trinajstić information content (AvgIpc) is 3.03. The van der Waals surface area contributed by atoms with E-state index in [0.717, 1.165) is 10.4 Å². The fourth-order valence-corrected chi connectivity index (χ4v) is 1.94. The normalized spacial score (nSPS) is 10.6. The van der Waals surface area contributed by atoms with Crippen molar-refractivity contribution in [3.8, 4) is 17.2 Å². The van der Waals surface area contributed by atoms with Crippen LogP contribution in [0.1, 0.15) is 0 Å². The Kier molecular flexibility index (Phi) is 3.41. The zero-order valence-electron chi connectivity index (χ0n) is 11.0. The van der Waals surface area contributed by atoms with Crippen molar-refractivity contribution >= 4 is 11.6 Å². The van der Waals surface area contributed by atoms with Crippen LogP contribution >= 0.6 is 11.6 Å². The number of halogens is 1. The summed E-state index contributed by atoms with van der Waals surface area (Å²) in [7, 11) is 1.52. The molecule has 0 fully saturated rings. The predicted octanol–water partition coefficient (Wildman–Crippen LogP) is 1.81. The minimum atomic E-state index is -0.415. The fourth-order valence-electron chi connectivity index (χ4n) is 1.73. The molecule has 21 heavy (non-hydrogen) atoms. The lowest BCUT2D eigenvalue weighted by molar-refractivity contribution is 0.472. The molecule has 0 saturated heterocycles. The largest absolute Gasteiger partial charge is 0.454 e. The molecule has 0 aliphatic carbocycles. The van der Waals surface area contributed by atoms with Crippen LogP contribution in [0.3, 0.4) is 0 Å². The molecule has 0 spiro atoms. The first-order valence-corrected chi connectivity index (χ1v) is 6.39. The Labute approximate surface area is 124 Å². The van der Waals surface area contributed by atoms with Gasteiger partial charge in [0, 0.05) is 13.1 Å². The molecule has 2 aromatic heterocycles. The van der Waals surface area contributed by atoms with Gasteiger partial charge in [0.05, 0.1) is 24.3 Å². The van der Waals surface area contributed by atoms with Crippen molar-refractivity contribution in [3.05, 3.63) is 58.2 Å². The SMILES string of the molecule is Cn1ncc(Oc2cccc(-n3ccnn3)c2)c(Cl)c1=O. The van der Waals surface area contributed by atoms with Crippen LogP contribution in [0, 0.1) is 0 Å². The first kappa shape index (κ1) is 13.3. The molecule has 7 nitrogen and oxygen atoms in total. The summed E-state index contributed by atoms with van der Waals surface area (Å²) in [5.41, 5.74) is 0.361. The van der Waals surface area contributed by atoms with Crippen molar-refractivity contribution in [2.24, 2.45) is 7.05 Å². The van der Waals surface area contributed by atoms with Crippen LogP contribution in [0.2, 0.25) is 5.02 Å². The average molecular weight is 304 g/mol. The van der Waals surface area contributed by atoms with Gasteiger partial charge in [-0.2, -0.15) is 5.10 Å². The van der Waals surface area contributed by atoms with Crippen LogP contribution in [0.4, 0.5) is 0 Å². The maximum atomic E-state index is 11.7. The molecule has 1 aromatic carbocycles. The molecule has 106 valence electrons. The molecule has 0 aliphatic rings. The molecule has 0 saturated carbocycles. The van der Waals surface area contributed by atoms with E-state index in [-0.39, 0.29) is 10.8 Å². The van der Waals surface area contributed by atoms with Gasteiger partial charge in [-0.1, -0.05) is 22.9 Å². The first-order chi connectivity index (χ1) is 10.1. The maximum Gasteiger partial charge on any atom is 0.289 e. The Morgan fingerprint density at radius 1 is 1.33 bits per heavy atom. The second-order valence-corrected chi connectivity index (χ2v) is 4.58. The molecule has 3 rings (SSSR count). The summed E-state index contributed by atoms with van der Waals surface area (Å²) in [6.45, 7) is 0. The zero-order valence-corrected chi connectivity index (χ0v) is 11.7. The van der Waals surface area contributed by atoms with Gasteiger partial charge in [-0.25, -0.2) is 9.36 Å². The fraction of sp³-hybridized carbons (Fsp3) is 0.0769. The first-order valence-electron chi connectivity index (χ1n) is 6.01. The number of rotatable bonds is 3. The minimum Gasteiger partial charge on any atom is -0.454 e. The van der Waals surface area contributed by atoms with Crippen molar-refractivity contribution in [2.45, 2.75) is 0 Å². The van der Waals surface area contributed by atoms with Crippen LogP contribution in [-0.2, 0) is 7.05 Å². The van der Waals surface area contributed by atoms with Gasteiger partial charge in [0.15, 0.2) is 10.8 Å². The lowest BCUT2D eigenvalue weighted by Crippen LogP contribution is -2.19. The van der Waals surface area contributed by atoms with E-state index in [1.807, 2.05) is 6.07 Å². The number of ether oxygens (including phenoxy) is 1. The Balaban J connectivity index is 1.94. The van der Waals surface area contributed by atoms with E-state index in [1.165, 1.54) is 13.2 Å². The number of hydrogen-bond acceptors (Lipinski definition) is 5. The number of aryl methyl sites for hydroxylation is 1. The van der Waals surface area contributed by atoms with E-state index in [2.05, 4.69) is 15.4 Å². The van der Waals surface area contributed by atoms with Crippen LogP contribution in [-0.4, -0.2) is 24.8 Å². The maximum absolute atomic E-state index is 11.7. The molecule has 0 radical (unpaired) electrons. The summed E-state index contributed by atoms with van der Waals surface area (Å²) >= 11 is 5.96. The molecule has 0 unspecified atom stereocenters. The van der Waals surface area contributed by atoms with E-state index < -0.39 is 5.56 Å². The lowest BCUT2D eigenvalue weighted by Gasteiger charge is -2.09. The van der Waals surface area contributed by atoms with Crippen molar-refractivity contribution < 1.29 is 4.74 Å². The summed E-state index contributed by atoms with van der Waals surface area (Å²) in [5.74, 6) is 0.718. The number of nitrogens with zero attached hydrogens (tertiary/aromatic N) is 5.